The predicted molar refractivity (Wildman–Crippen MR) is 115 cm³/mol. The number of aliphatic hydroxyl groups excluding tert-OH is 1. The molecular weight excluding hydrogens is 392 g/mol. The Bertz CT molecular complexity index is 1090. The number of benzene rings is 1. The van der Waals surface area contributed by atoms with E-state index in [0.29, 0.717) is 24.4 Å². The molecule has 2 atom stereocenters. The van der Waals surface area contributed by atoms with Crippen LogP contribution < -0.4 is 4.74 Å². The Morgan fingerprint density at radius 2 is 2.03 bits per heavy atom. The summed E-state index contributed by atoms with van der Waals surface area (Å²) < 4.78 is 7.88. The summed E-state index contributed by atoms with van der Waals surface area (Å²) in [6.07, 6.45) is 8.44. The van der Waals surface area contributed by atoms with Crippen LogP contribution in [0.1, 0.15) is 47.2 Å². The molecule has 1 saturated carbocycles. The third-order valence-corrected chi connectivity index (χ3v) is 6.12. The number of hydrogen-bond acceptors (Lipinski definition) is 5. The molecule has 1 N–H and O–H groups in total. The zero-order valence-electron chi connectivity index (χ0n) is 17.6. The van der Waals surface area contributed by atoms with Crippen molar-refractivity contribution < 1.29 is 14.6 Å². The van der Waals surface area contributed by atoms with E-state index in [0.717, 1.165) is 48.1 Å². The Kier molecular flexibility index (Phi) is 5.19. The van der Waals surface area contributed by atoms with Crippen molar-refractivity contribution in [3.8, 4) is 17.0 Å². The minimum atomic E-state index is -0.471. The molecule has 1 aliphatic heterocycles. The van der Waals surface area contributed by atoms with Crippen LogP contribution in [0.3, 0.4) is 0 Å². The minimum Gasteiger partial charge on any atom is -0.487 e. The van der Waals surface area contributed by atoms with Gasteiger partial charge in [0.05, 0.1) is 23.6 Å². The largest absolute Gasteiger partial charge is 0.487 e. The fourth-order valence-electron chi connectivity index (χ4n) is 4.45. The number of nitrogens with zero attached hydrogens (tertiary/aromatic N) is 4. The minimum absolute atomic E-state index is 0.0350. The molecule has 2 aliphatic rings. The van der Waals surface area contributed by atoms with E-state index in [1.165, 1.54) is 0 Å². The van der Waals surface area contributed by atoms with Crippen LogP contribution in [0.15, 0.2) is 48.9 Å². The van der Waals surface area contributed by atoms with E-state index < -0.39 is 6.10 Å². The number of pyridine rings is 1. The van der Waals surface area contributed by atoms with E-state index in [2.05, 4.69) is 10.1 Å². The van der Waals surface area contributed by atoms with Crippen molar-refractivity contribution in [1.82, 2.24) is 19.7 Å². The van der Waals surface area contributed by atoms with E-state index >= 15 is 0 Å². The fraction of sp³-hybridized carbons (Fsp3) is 0.375. The summed E-state index contributed by atoms with van der Waals surface area (Å²) in [5, 5.41) is 14.4. The van der Waals surface area contributed by atoms with Gasteiger partial charge in [0.2, 0.25) is 0 Å². The summed E-state index contributed by atoms with van der Waals surface area (Å²) in [5.74, 6) is 0.549. The average molecular weight is 418 g/mol. The highest BCUT2D eigenvalue weighted by Crippen LogP contribution is 2.34. The Morgan fingerprint density at radius 3 is 2.77 bits per heavy atom. The molecule has 1 fully saturated rings. The lowest BCUT2D eigenvalue weighted by Gasteiger charge is -2.28. The van der Waals surface area contributed by atoms with E-state index in [1.54, 1.807) is 10.9 Å². The number of hydrogen-bond donors (Lipinski definition) is 1. The Morgan fingerprint density at radius 1 is 1.16 bits per heavy atom. The van der Waals surface area contributed by atoms with Gasteiger partial charge in [0, 0.05) is 38.1 Å². The van der Waals surface area contributed by atoms with Crippen molar-refractivity contribution in [2.45, 2.75) is 51.0 Å². The van der Waals surface area contributed by atoms with Gasteiger partial charge >= 0.3 is 0 Å². The fourth-order valence-corrected chi connectivity index (χ4v) is 4.45. The van der Waals surface area contributed by atoms with Crippen LogP contribution in [0, 0.1) is 0 Å². The molecule has 3 heterocycles. The van der Waals surface area contributed by atoms with Gasteiger partial charge < -0.3 is 14.7 Å². The zero-order chi connectivity index (χ0) is 21.4. The van der Waals surface area contributed by atoms with Crippen LogP contribution in [-0.4, -0.2) is 42.9 Å². The van der Waals surface area contributed by atoms with Gasteiger partial charge in [-0.25, -0.2) is 0 Å². The van der Waals surface area contributed by atoms with E-state index in [1.807, 2.05) is 54.7 Å². The number of ether oxygens (including phenoxy) is 1. The van der Waals surface area contributed by atoms with Crippen molar-refractivity contribution in [3.05, 3.63) is 65.6 Å². The highest BCUT2D eigenvalue weighted by Gasteiger charge is 2.33. The summed E-state index contributed by atoms with van der Waals surface area (Å²) in [5.41, 5.74) is 4.38. The molecule has 3 aromatic rings. The number of carbonyl (C=O) groups is 1. The van der Waals surface area contributed by atoms with Crippen molar-refractivity contribution >= 4 is 5.91 Å². The lowest BCUT2D eigenvalue weighted by atomic mass is 9.94. The number of aryl methyl sites for hydroxylation is 1. The maximum absolute atomic E-state index is 13.2. The molecule has 2 unspecified atom stereocenters. The molecule has 0 saturated heterocycles. The number of fused-ring (bicyclic) bond motifs is 1. The van der Waals surface area contributed by atoms with Crippen molar-refractivity contribution in [1.29, 1.82) is 0 Å². The Balaban J connectivity index is 1.31. The topological polar surface area (TPSA) is 80.5 Å². The molecule has 1 amide bonds. The SMILES string of the molecule is Cn1cc(-c2ccc(CN3Cc4cccc(OC5CCCCC5O)c4C3=O)cn2)cn1. The van der Waals surface area contributed by atoms with E-state index in [-0.39, 0.29) is 12.0 Å². The number of amides is 1. The van der Waals surface area contributed by atoms with Gasteiger partial charge in [0.15, 0.2) is 0 Å². The monoisotopic (exact) mass is 418 g/mol. The third-order valence-electron chi connectivity index (χ3n) is 6.12. The van der Waals surface area contributed by atoms with Crippen LogP contribution in [0.5, 0.6) is 5.75 Å². The number of aliphatic hydroxyl groups is 1. The quantitative estimate of drug-likeness (QED) is 0.688. The Hall–Kier alpha value is -3.19. The van der Waals surface area contributed by atoms with E-state index in [4.69, 9.17) is 4.74 Å². The molecular formula is C24H26N4O3. The molecule has 1 aliphatic carbocycles. The molecule has 0 bridgehead atoms. The third kappa shape index (κ3) is 3.93. The van der Waals surface area contributed by atoms with Gasteiger partial charge in [-0.15, -0.1) is 0 Å². The van der Waals surface area contributed by atoms with Crippen molar-refractivity contribution in [3.63, 3.8) is 0 Å². The van der Waals surface area contributed by atoms with Crippen LogP contribution in [0.25, 0.3) is 11.3 Å². The van der Waals surface area contributed by atoms with Gasteiger partial charge in [-0.2, -0.15) is 5.10 Å². The maximum Gasteiger partial charge on any atom is 0.258 e. The summed E-state index contributed by atoms with van der Waals surface area (Å²) in [6.45, 7) is 1.03. The molecule has 160 valence electrons. The molecule has 5 rings (SSSR count). The first kappa shape index (κ1) is 19.8. The second-order valence-electron chi connectivity index (χ2n) is 8.41. The molecule has 1 aromatic carbocycles. The molecule has 7 heteroatoms. The first-order valence-corrected chi connectivity index (χ1v) is 10.8. The van der Waals surface area contributed by atoms with Crippen LogP contribution in [0.2, 0.25) is 0 Å². The standard InChI is InChI=1S/C24H26N4O3/c1-27-14-18(12-26-27)19-10-9-16(11-25-19)13-28-15-17-5-4-8-22(23(17)24(28)30)31-21-7-3-2-6-20(21)29/h4-5,8-12,14,20-21,29H,2-3,6-7,13,15H2,1H3. The first-order valence-electron chi connectivity index (χ1n) is 10.8. The summed E-state index contributed by atoms with van der Waals surface area (Å²) >= 11 is 0. The highest BCUT2D eigenvalue weighted by molar-refractivity contribution is 6.01. The van der Waals surface area contributed by atoms with Crippen LogP contribution in [-0.2, 0) is 20.1 Å². The zero-order valence-corrected chi connectivity index (χ0v) is 17.6. The second kappa shape index (κ2) is 8.15. The number of carbonyl (C=O) groups excluding carboxylic acids is 1. The highest BCUT2D eigenvalue weighted by atomic mass is 16.5. The van der Waals surface area contributed by atoms with Crippen LogP contribution in [0.4, 0.5) is 0 Å². The number of aromatic nitrogens is 3. The molecule has 7 nitrogen and oxygen atoms in total. The van der Waals surface area contributed by atoms with Crippen molar-refractivity contribution in [2.24, 2.45) is 7.05 Å². The first-order chi connectivity index (χ1) is 15.1. The normalized spacial score (nSPS) is 20.7. The summed E-state index contributed by atoms with van der Waals surface area (Å²) in [7, 11) is 1.88. The smallest absolute Gasteiger partial charge is 0.258 e. The maximum atomic E-state index is 13.2. The van der Waals surface area contributed by atoms with Gasteiger partial charge in [-0.1, -0.05) is 24.6 Å². The van der Waals surface area contributed by atoms with Gasteiger partial charge in [0.25, 0.3) is 5.91 Å². The van der Waals surface area contributed by atoms with Crippen LogP contribution >= 0.6 is 0 Å². The van der Waals surface area contributed by atoms with E-state index in [9.17, 15) is 9.90 Å². The summed E-state index contributed by atoms with van der Waals surface area (Å²) in [4.78, 5) is 19.5. The number of rotatable bonds is 5. The van der Waals surface area contributed by atoms with Crippen molar-refractivity contribution in [2.75, 3.05) is 0 Å². The van der Waals surface area contributed by atoms with Gasteiger partial charge in [-0.3, -0.25) is 14.5 Å². The molecule has 0 radical (unpaired) electrons. The Labute approximate surface area is 181 Å². The van der Waals surface area contributed by atoms with Gasteiger partial charge in [-0.05, 0) is 42.5 Å². The lowest BCUT2D eigenvalue weighted by molar-refractivity contribution is 0.00636. The molecule has 31 heavy (non-hydrogen) atoms. The molecule has 0 spiro atoms. The van der Waals surface area contributed by atoms with Gasteiger partial charge in [0.1, 0.15) is 11.9 Å². The second-order valence-corrected chi connectivity index (χ2v) is 8.41. The summed E-state index contributed by atoms with van der Waals surface area (Å²) in [6, 6.07) is 9.69. The average Bonchev–Trinajstić information content (AvgIpc) is 3.34. The lowest BCUT2D eigenvalue weighted by Crippen LogP contribution is -2.35. The predicted octanol–water partition coefficient (Wildman–Crippen LogP) is 3.32. The molecule has 2 aromatic heterocycles.